The summed E-state index contributed by atoms with van der Waals surface area (Å²) in [6, 6.07) is 7.37. The molecule has 1 amide bonds. The number of carbonyl (C=O) groups is 2. The molecule has 0 bridgehead atoms. The average Bonchev–Trinajstić information content (AvgIpc) is 2.68. The van der Waals surface area contributed by atoms with E-state index < -0.39 is 34.8 Å². The highest BCUT2D eigenvalue weighted by Crippen LogP contribution is 2.20. The van der Waals surface area contributed by atoms with Crippen molar-refractivity contribution < 1.29 is 41.5 Å². The van der Waals surface area contributed by atoms with Gasteiger partial charge in [0, 0.05) is 43.9 Å². The highest BCUT2D eigenvalue weighted by molar-refractivity contribution is 7.86. The number of benzene rings is 1. The highest BCUT2D eigenvalue weighted by atomic mass is 35.5. The first-order chi connectivity index (χ1) is 13.8. The molecular weight excluding hydrogens is 457 g/mol. The largest absolute Gasteiger partial charge is 0.490 e. The van der Waals surface area contributed by atoms with Gasteiger partial charge < -0.3 is 10.0 Å². The molecule has 2 rings (SSSR count). The minimum absolute atomic E-state index is 0.316. The van der Waals surface area contributed by atoms with Crippen LogP contribution in [0.5, 0.6) is 0 Å². The fourth-order valence-corrected chi connectivity index (χ4v) is 3.77. The number of rotatable bonds is 5. The van der Waals surface area contributed by atoms with Crippen molar-refractivity contribution in [2.75, 3.05) is 44.7 Å². The number of hydrogen-bond donors (Lipinski definition) is 3. The van der Waals surface area contributed by atoms with Gasteiger partial charge in [-0.25, -0.2) is 10.3 Å². The lowest BCUT2D eigenvalue weighted by atomic mass is 10.2. The van der Waals surface area contributed by atoms with Crippen molar-refractivity contribution in [3.8, 4) is 0 Å². The topological polar surface area (TPSA) is 130 Å². The van der Waals surface area contributed by atoms with Gasteiger partial charge in [0.1, 0.15) is 0 Å². The van der Waals surface area contributed by atoms with Crippen LogP contribution in [0.25, 0.3) is 0 Å². The van der Waals surface area contributed by atoms with Crippen LogP contribution in [0.1, 0.15) is 0 Å². The van der Waals surface area contributed by atoms with Crippen molar-refractivity contribution in [2.24, 2.45) is 0 Å². The molecule has 1 heterocycles. The number of anilines is 1. The third kappa shape index (κ3) is 7.60. The van der Waals surface area contributed by atoms with Gasteiger partial charge in [-0.1, -0.05) is 11.6 Å². The molecule has 1 aliphatic heterocycles. The summed E-state index contributed by atoms with van der Waals surface area (Å²) in [4.78, 5) is 22.1. The molecule has 0 spiro atoms. The molecule has 1 aliphatic rings. The molecule has 0 aromatic heterocycles. The molecule has 0 unspecified atom stereocenters. The maximum absolute atomic E-state index is 12.4. The van der Waals surface area contributed by atoms with Gasteiger partial charge in [-0.3, -0.25) is 10.0 Å². The lowest BCUT2D eigenvalue weighted by Crippen LogP contribution is -2.53. The lowest BCUT2D eigenvalue weighted by Gasteiger charge is -2.36. The molecule has 1 aromatic rings. The van der Waals surface area contributed by atoms with E-state index >= 15 is 0 Å². The Balaban J connectivity index is 0.000000553. The fraction of sp³-hybridized carbons (Fsp3) is 0.467. The van der Waals surface area contributed by atoms with E-state index in [1.807, 2.05) is 12.1 Å². The number of carbonyl (C=O) groups excluding carboxylic acids is 1. The third-order valence-electron chi connectivity index (χ3n) is 3.88. The number of alkyl halides is 3. The number of carboxylic acid groups (broad SMARTS) is 1. The second-order valence-electron chi connectivity index (χ2n) is 5.96. The van der Waals surface area contributed by atoms with Crippen molar-refractivity contribution >= 4 is 39.4 Å². The number of amides is 1. The van der Waals surface area contributed by atoms with Gasteiger partial charge in [0.05, 0.1) is 6.54 Å². The Morgan fingerprint density at radius 1 is 1.17 bits per heavy atom. The van der Waals surface area contributed by atoms with E-state index in [0.717, 1.165) is 9.99 Å². The molecule has 0 radical (unpaired) electrons. The number of halogens is 4. The molecular formula is C15H20ClF3N4O6S. The minimum Gasteiger partial charge on any atom is -0.475 e. The summed E-state index contributed by atoms with van der Waals surface area (Å²) in [6.45, 7) is 1.28. The van der Waals surface area contributed by atoms with Crippen LogP contribution in [-0.4, -0.2) is 85.2 Å². The monoisotopic (exact) mass is 476 g/mol. The van der Waals surface area contributed by atoms with Crippen LogP contribution in [0.4, 0.5) is 18.9 Å². The van der Waals surface area contributed by atoms with Crippen molar-refractivity contribution in [1.29, 1.82) is 0 Å². The van der Waals surface area contributed by atoms with Crippen molar-refractivity contribution in [3.63, 3.8) is 0 Å². The van der Waals surface area contributed by atoms with Gasteiger partial charge in [-0.15, -0.1) is 0 Å². The van der Waals surface area contributed by atoms with E-state index in [1.165, 1.54) is 16.8 Å². The van der Waals surface area contributed by atoms with Crippen LogP contribution < -0.4 is 10.4 Å². The summed E-state index contributed by atoms with van der Waals surface area (Å²) in [6.07, 6.45) is -5.08. The summed E-state index contributed by atoms with van der Waals surface area (Å²) in [5.41, 5.74) is 2.41. The Bertz CT molecular complexity index is 830. The molecule has 0 atom stereocenters. The van der Waals surface area contributed by atoms with Gasteiger partial charge >= 0.3 is 12.1 Å². The first-order valence-electron chi connectivity index (χ1n) is 8.24. The van der Waals surface area contributed by atoms with Gasteiger partial charge in [-0.2, -0.15) is 30.2 Å². The SMILES string of the molecule is CN(CC(=O)NO)S(=O)(=O)N1CCN(c2ccc(Cl)cc2)CC1.O=C(O)C(F)(F)F. The summed E-state index contributed by atoms with van der Waals surface area (Å²) in [7, 11) is -2.43. The van der Waals surface area contributed by atoms with E-state index in [9.17, 15) is 26.4 Å². The van der Waals surface area contributed by atoms with Crippen LogP contribution in [0, 0.1) is 0 Å². The van der Waals surface area contributed by atoms with Crippen molar-refractivity contribution in [2.45, 2.75) is 6.18 Å². The van der Waals surface area contributed by atoms with Gasteiger partial charge in [0.2, 0.25) is 0 Å². The van der Waals surface area contributed by atoms with Crippen LogP contribution in [0.2, 0.25) is 5.02 Å². The number of nitrogens with one attached hydrogen (secondary N) is 1. The predicted molar refractivity (Wildman–Crippen MR) is 100 cm³/mol. The lowest BCUT2D eigenvalue weighted by molar-refractivity contribution is -0.192. The Morgan fingerprint density at radius 2 is 1.63 bits per heavy atom. The van der Waals surface area contributed by atoms with Crippen LogP contribution in [0.15, 0.2) is 24.3 Å². The Kier molecular flexibility index (Phi) is 9.30. The van der Waals surface area contributed by atoms with E-state index in [2.05, 4.69) is 4.90 Å². The average molecular weight is 477 g/mol. The zero-order chi connectivity index (χ0) is 23.1. The second kappa shape index (κ2) is 10.8. The van der Waals surface area contributed by atoms with Crippen LogP contribution >= 0.6 is 11.6 Å². The Hall–Kier alpha value is -2.13. The number of hydrogen-bond acceptors (Lipinski definition) is 6. The molecule has 10 nitrogen and oxygen atoms in total. The number of piperazine rings is 1. The number of hydroxylamine groups is 1. The Morgan fingerprint density at radius 3 is 2.03 bits per heavy atom. The number of likely N-dealkylation sites (N-methyl/N-ethyl adjacent to an activating group) is 1. The maximum Gasteiger partial charge on any atom is 0.490 e. The second-order valence-corrected chi connectivity index (χ2v) is 8.44. The smallest absolute Gasteiger partial charge is 0.475 e. The number of carboxylic acids is 1. The predicted octanol–water partition coefficient (Wildman–Crippen LogP) is 0.777. The molecule has 15 heteroatoms. The molecule has 30 heavy (non-hydrogen) atoms. The van der Waals surface area contributed by atoms with E-state index in [-0.39, 0.29) is 0 Å². The third-order valence-corrected chi connectivity index (χ3v) is 6.07. The van der Waals surface area contributed by atoms with Gasteiger partial charge in [-0.05, 0) is 24.3 Å². The molecule has 1 fully saturated rings. The Labute approximate surface area is 175 Å². The quantitative estimate of drug-likeness (QED) is 0.423. The minimum atomic E-state index is -5.08. The highest BCUT2D eigenvalue weighted by Gasteiger charge is 2.38. The molecule has 170 valence electrons. The number of aliphatic carboxylic acids is 1. The van der Waals surface area contributed by atoms with Crippen LogP contribution in [-0.2, 0) is 19.8 Å². The molecule has 0 aliphatic carbocycles. The standard InChI is InChI=1S/C13H19ClN4O4S.C2HF3O2/c1-16(10-13(19)15-20)23(21,22)18-8-6-17(7-9-18)12-4-2-11(14)3-5-12;3-2(4,5)1(6)7/h2-5,20H,6-10H2,1H3,(H,15,19);(H,6,7). The van der Waals surface area contributed by atoms with Crippen molar-refractivity contribution in [1.82, 2.24) is 14.1 Å². The van der Waals surface area contributed by atoms with Gasteiger partial charge in [0.25, 0.3) is 16.1 Å². The van der Waals surface area contributed by atoms with Crippen LogP contribution in [0.3, 0.4) is 0 Å². The fourth-order valence-electron chi connectivity index (χ4n) is 2.35. The summed E-state index contributed by atoms with van der Waals surface area (Å²) in [5, 5.41) is 16.3. The molecule has 1 aromatic carbocycles. The summed E-state index contributed by atoms with van der Waals surface area (Å²) < 4.78 is 58.7. The molecule has 1 saturated heterocycles. The summed E-state index contributed by atoms with van der Waals surface area (Å²) >= 11 is 5.86. The zero-order valence-corrected chi connectivity index (χ0v) is 17.2. The van der Waals surface area contributed by atoms with Gasteiger partial charge in [0.15, 0.2) is 0 Å². The van der Waals surface area contributed by atoms with E-state index in [4.69, 9.17) is 26.7 Å². The first-order valence-corrected chi connectivity index (χ1v) is 10.0. The first kappa shape index (κ1) is 25.9. The summed E-state index contributed by atoms with van der Waals surface area (Å²) in [5.74, 6) is -3.54. The van der Waals surface area contributed by atoms with E-state index in [0.29, 0.717) is 31.2 Å². The maximum atomic E-state index is 12.4. The zero-order valence-electron chi connectivity index (χ0n) is 15.6. The number of nitrogens with zero attached hydrogens (tertiary/aromatic N) is 3. The van der Waals surface area contributed by atoms with Crippen molar-refractivity contribution in [3.05, 3.63) is 29.3 Å². The molecule has 3 N–H and O–H groups in total. The normalized spacial score (nSPS) is 15.4. The molecule has 0 saturated carbocycles. The van der Waals surface area contributed by atoms with E-state index in [1.54, 1.807) is 12.1 Å².